The van der Waals surface area contributed by atoms with Gasteiger partial charge in [-0.25, -0.2) is 0 Å². The number of nitrogens with one attached hydrogen (secondary N) is 2. The SMILES string of the molecule is CCCOc1ccc(CNC(=NC)NC2CC2C)cc1OC. The quantitative estimate of drug-likeness (QED) is 0.600. The number of aliphatic imine (C=N–C) groups is 1. The average molecular weight is 305 g/mol. The number of hydrogen-bond donors (Lipinski definition) is 2. The van der Waals surface area contributed by atoms with Crippen LogP contribution in [0.3, 0.4) is 0 Å². The minimum absolute atomic E-state index is 0.561. The first-order chi connectivity index (χ1) is 10.7. The zero-order valence-electron chi connectivity index (χ0n) is 14.0. The Morgan fingerprint density at radius 3 is 2.73 bits per heavy atom. The molecule has 5 heteroatoms. The molecule has 1 fully saturated rings. The van der Waals surface area contributed by atoms with Crippen LogP contribution in [0.25, 0.3) is 0 Å². The standard InChI is InChI=1S/C17H27N3O2/c1-5-8-22-15-7-6-13(10-16(15)21-4)11-19-17(18-3)20-14-9-12(14)2/h6-7,10,12,14H,5,8-9,11H2,1-4H3,(H2,18,19,20). The summed E-state index contributed by atoms with van der Waals surface area (Å²) in [6.45, 7) is 5.73. The lowest BCUT2D eigenvalue weighted by Crippen LogP contribution is -2.38. The van der Waals surface area contributed by atoms with Crippen molar-refractivity contribution in [2.45, 2.75) is 39.3 Å². The molecule has 0 radical (unpaired) electrons. The van der Waals surface area contributed by atoms with Crippen LogP contribution in [0.5, 0.6) is 11.5 Å². The van der Waals surface area contributed by atoms with E-state index in [-0.39, 0.29) is 0 Å². The number of methoxy groups -OCH3 is 1. The van der Waals surface area contributed by atoms with Gasteiger partial charge in [0.15, 0.2) is 17.5 Å². The maximum absolute atomic E-state index is 5.67. The van der Waals surface area contributed by atoms with Gasteiger partial charge in [0.2, 0.25) is 0 Å². The third-order valence-corrected chi connectivity index (χ3v) is 3.80. The molecule has 1 aromatic rings. The Morgan fingerprint density at radius 2 is 2.14 bits per heavy atom. The highest BCUT2D eigenvalue weighted by Gasteiger charge is 2.33. The number of nitrogens with zero attached hydrogens (tertiary/aromatic N) is 1. The second-order valence-electron chi connectivity index (χ2n) is 5.72. The van der Waals surface area contributed by atoms with E-state index in [1.165, 1.54) is 6.42 Å². The van der Waals surface area contributed by atoms with E-state index in [0.717, 1.165) is 35.4 Å². The van der Waals surface area contributed by atoms with Crippen molar-refractivity contribution >= 4 is 5.96 Å². The van der Waals surface area contributed by atoms with Crippen molar-refractivity contribution in [1.29, 1.82) is 0 Å². The molecule has 0 saturated heterocycles. The first-order valence-corrected chi connectivity index (χ1v) is 7.94. The average Bonchev–Trinajstić information content (AvgIpc) is 3.24. The van der Waals surface area contributed by atoms with E-state index in [1.807, 2.05) is 18.2 Å². The molecule has 0 aliphatic heterocycles. The van der Waals surface area contributed by atoms with Crippen molar-refractivity contribution in [2.24, 2.45) is 10.9 Å². The van der Waals surface area contributed by atoms with E-state index in [4.69, 9.17) is 9.47 Å². The first-order valence-electron chi connectivity index (χ1n) is 7.94. The van der Waals surface area contributed by atoms with Crippen molar-refractivity contribution < 1.29 is 9.47 Å². The van der Waals surface area contributed by atoms with E-state index in [9.17, 15) is 0 Å². The largest absolute Gasteiger partial charge is 0.493 e. The van der Waals surface area contributed by atoms with Crippen LogP contribution in [0, 0.1) is 5.92 Å². The zero-order valence-corrected chi connectivity index (χ0v) is 14.0. The summed E-state index contributed by atoms with van der Waals surface area (Å²) >= 11 is 0. The molecule has 1 saturated carbocycles. The minimum atomic E-state index is 0.561. The second kappa shape index (κ2) is 7.92. The van der Waals surface area contributed by atoms with E-state index < -0.39 is 0 Å². The summed E-state index contributed by atoms with van der Waals surface area (Å²) in [5.41, 5.74) is 1.13. The monoisotopic (exact) mass is 305 g/mol. The van der Waals surface area contributed by atoms with Crippen LogP contribution in [0.4, 0.5) is 0 Å². The van der Waals surface area contributed by atoms with Gasteiger partial charge < -0.3 is 20.1 Å². The number of ether oxygens (including phenoxy) is 2. The summed E-state index contributed by atoms with van der Waals surface area (Å²) in [5, 5.41) is 6.75. The molecule has 1 aliphatic carbocycles. The fourth-order valence-electron chi connectivity index (χ4n) is 2.23. The summed E-state index contributed by atoms with van der Waals surface area (Å²) in [6.07, 6.45) is 2.20. The third kappa shape index (κ3) is 4.55. The normalized spacial score (nSPS) is 20.5. The topological polar surface area (TPSA) is 54.9 Å². The van der Waals surface area contributed by atoms with Gasteiger partial charge in [-0.2, -0.15) is 0 Å². The van der Waals surface area contributed by atoms with E-state index >= 15 is 0 Å². The molecule has 0 heterocycles. The molecule has 2 rings (SSSR count). The third-order valence-electron chi connectivity index (χ3n) is 3.80. The smallest absolute Gasteiger partial charge is 0.191 e. The molecular weight excluding hydrogens is 278 g/mol. The highest BCUT2D eigenvalue weighted by atomic mass is 16.5. The van der Waals surface area contributed by atoms with Crippen molar-refractivity contribution in [1.82, 2.24) is 10.6 Å². The lowest BCUT2D eigenvalue weighted by atomic mass is 10.2. The number of benzene rings is 1. The van der Waals surface area contributed by atoms with Gasteiger partial charge >= 0.3 is 0 Å². The molecule has 22 heavy (non-hydrogen) atoms. The minimum Gasteiger partial charge on any atom is -0.493 e. The second-order valence-corrected chi connectivity index (χ2v) is 5.72. The van der Waals surface area contributed by atoms with Crippen molar-refractivity contribution in [2.75, 3.05) is 20.8 Å². The molecule has 2 atom stereocenters. The van der Waals surface area contributed by atoms with Crippen LogP contribution < -0.4 is 20.1 Å². The molecule has 0 bridgehead atoms. The molecular formula is C17H27N3O2. The Kier molecular flexibility index (Phi) is 5.92. The van der Waals surface area contributed by atoms with Gasteiger partial charge in [-0.1, -0.05) is 19.9 Å². The summed E-state index contributed by atoms with van der Waals surface area (Å²) in [7, 11) is 3.46. The molecule has 1 aromatic carbocycles. The highest BCUT2D eigenvalue weighted by molar-refractivity contribution is 5.80. The van der Waals surface area contributed by atoms with Crippen LogP contribution >= 0.6 is 0 Å². The van der Waals surface area contributed by atoms with Gasteiger partial charge in [0, 0.05) is 19.6 Å². The molecule has 0 aromatic heterocycles. The maximum Gasteiger partial charge on any atom is 0.191 e. The fraction of sp³-hybridized carbons (Fsp3) is 0.588. The van der Waals surface area contributed by atoms with Gasteiger partial charge in [0.1, 0.15) is 0 Å². The Balaban J connectivity index is 1.91. The van der Waals surface area contributed by atoms with Crippen LogP contribution in [-0.4, -0.2) is 32.8 Å². The van der Waals surface area contributed by atoms with Crippen molar-refractivity contribution in [3.05, 3.63) is 23.8 Å². The Hall–Kier alpha value is -1.91. The lowest BCUT2D eigenvalue weighted by Gasteiger charge is -2.14. The van der Waals surface area contributed by atoms with Crippen LogP contribution in [0.15, 0.2) is 23.2 Å². The Labute approximate surface area is 133 Å². The van der Waals surface area contributed by atoms with Gasteiger partial charge in [-0.05, 0) is 36.5 Å². The molecule has 1 aliphatic rings. The predicted octanol–water partition coefficient (Wildman–Crippen LogP) is 2.56. The Morgan fingerprint density at radius 1 is 1.36 bits per heavy atom. The molecule has 2 N–H and O–H groups in total. The fourth-order valence-corrected chi connectivity index (χ4v) is 2.23. The van der Waals surface area contributed by atoms with Crippen molar-refractivity contribution in [3.8, 4) is 11.5 Å². The molecule has 0 amide bonds. The Bertz CT molecular complexity index is 517. The van der Waals surface area contributed by atoms with Crippen LogP contribution in [0.2, 0.25) is 0 Å². The molecule has 2 unspecified atom stereocenters. The van der Waals surface area contributed by atoms with Gasteiger partial charge in [-0.15, -0.1) is 0 Å². The predicted molar refractivity (Wildman–Crippen MR) is 89.7 cm³/mol. The first kappa shape index (κ1) is 16.5. The van der Waals surface area contributed by atoms with E-state index in [2.05, 4.69) is 29.5 Å². The van der Waals surface area contributed by atoms with Gasteiger partial charge in [0.05, 0.1) is 13.7 Å². The molecule has 5 nitrogen and oxygen atoms in total. The number of guanidine groups is 1. The lowest BCUT2D eigenvalue weighted by molar-refractivity contribution is 0.294. The van der Waals surface area contributed by atoms with Crippen LogP contribution in [0.1, 0.15) is 32.3 Å². The van der Waals surface area contributed by atoms with Crippen molar-refractivity contribution in [3.63, 3.8) is 0 Å². The van der Waals surface area contributed by atoms with Gasteiger partial charge in [-0.3, -0.25) is 4.99 Å². The molecule has 0 spiro atoms. The summed E-state index contributed by atoms with van der Waals surface area (Å²) in [6, 6.07) is 6.58. The summed E-state index contributed by atoms with van der Waals surface area (Å²) in [4.78, 5) is 4.26. The van der Waals surface area contributed by atoms with E-state index in [1.54, 1.807) is 14.2 Å². The zero-order chi connectivity index (χ0) is 15.9. The van der Waals surface area contributed by atoms with Gasteiger partial charge in [0.25, 0.3) is 0 Å². The maximum atomic E-state index is 5.67. The highest BCUT2D eigenvalue weighted by Crippen LogP contribution is 2.29. The van der Waals surface area contributed by atoms with Crippen LogP contribution in [-0.2, 0) is 6.54 Å². The number of rotatable bonds is 7. The summed E-state index contributed by atoms with van der Waals surface area (Å²) in [5.74, 6) is 3.15. The molecule has 122 valence electrons. The number of hydrogen-bond acceptors (Lipinski definition) is 3. The van der Waals surface area contributed by atoms with E-state index in [0.29, 0.717) is 19.2 Å². The summed E-state index contributed by atoms with van der Waals surface area (Å²) < 4.78 is 11.1.